The third-order valence-electron chi connectivity index (χ3n) is 4.09. The molecule has 0 saturated carbocycles. The molecule has 0 atom stereocenters. The molecule has 1 amide bonds. The molecule has 0 saturated heterocycles. The molecule has 0 aliphatic rings. The second-order valence-electron chi connectivity index (χ2n) is 6.08. The predicted octanol–water partition coefficient (Wildman–Crippen LogP) is 3.28. The molecule has 0 radical (unpaired) electrons. The molecule has 0 unspecified atom stereocenters. The van der Waals surface area contributed by atoms with Crippen LogP contribution in [0.4, 0.5) is 5.69 Å². The van der Waals surface area contributed by atoms with Crippen molar-refractivity contribution in [1.82, 2.24) is 14.8 Å². The lowest BCUT2D eigenvalue weighted by Crippen LogP contribution is -2.17. The van der Waals surface area contributed by atoms with Gasteiger partial charge in [0.15, 0.2) is 10.9 Å². The number of hydrogen-bond acceptors (Lipinski definition) is 5. The molecule has 1 aromatic heterocycles. The van der Waals surface area contributed by atoms with Crippen LogP contribution in [0.5, 0.6) is 0 Å². The molecule has 3 aromatic rings. The Labute approximate surface area is 162 Å². The van der Waals surface area contributed by atoms with Gasteiger partial charge in [-0.15, -0.1) is 10.2 Å². The number of thioether (sulfide) groups is 1. The highest BCUT2D eigenvalue weighted by molar-refractivity contribution is 7.99. The van der Waals surface area contributed by atoms with Crippen LogP contribution in [0.15, 0.2) is 59.8 Å². The Morgan fingerprint density at radius 3 is 2.48 bits per heavy atom. The summed E-state index contributed by atoms with van der Waals surface area (Å²) in [6.07, 6.45) is 0.116. The van der Waals surface area contributed by atoms with Crippen LogP contribution in [-0.4, -0.2) is 32.2 Å². The normalized spacial score (nSPS) is 10.6. The summed E-state index contributed by atoms with van der Waals surface area (Å²) >= 11 is 1.31. The zero-order valence-electron chi connectivity index (χ0n) is 15.2. The van der Waals surface area contributed by atoms with E-state index in [1.807, 2.05) is 49.4 Å². The van der Waals surface area contributed by atoms with Gasteiger partial charge in [0.1, 0.15) is 5.82 Å². The molecule has 2 aromatic carbocycles. The van der Waals surface area contributed by atoms with Crippen LogP contribution >= 0.6 is 11.8 Å². The number of amides is 1. The first-order valence-electron chi connectivity index (χ1n) is 8.49. The van der Waals surface area contributed by atoms with Gasteiger partial charge in [-0.1, -0.05) is 60.3 Å². The minimum absolute atomic E-state index is 0.0300. The first-order valence-corrected chi connectivity index (χ1v) is 9.48. The van der Waals surface area contributed by atoms with Crippen molar-refractivity contribution in [2.75, 3.05) is 11.1 Å². The highest BCUT2D eigenvalue weighted by atomic mass is 32.2. The molecule has 0 aliphatic carbocycles. The van der Waals surface area contributed by atoms with E-state index >= 15 is 0 Å². The Morgan fingerprint density at radius 1 is 1.04 bits per heavy atom. The van der Waals surface area contributed by atoms with E-state index in [0.717, 1.165) is 11.3 Å². The number of rotatable bonds is 7. The second-order valence-corrected chi connectivity index (χ2v) is 7.02. The average Bonchev–Trinajstić information content (AvgIpc) is 3.02. The SMILES string of the molecule is Cc1ccccc1NC(=O)Cc1nnc(SCC(=O)c2ccccc2)n1C. The average molecular weight is 380 g/mol. The topological polar surface area (TPSA) is 76.9 Å². The van der Waals surface area contributed by atoms with Crippen molar-refractivity contribution >= 4 is 29.1 Å². The summed E-state index contributed by atoms with van der Waals surface area (Å²) in [5.74, 6) is 0.695. The quantitative estimate of drug-likeness (QED) is 0.503. The molecular formula is C20H20N4O2S. The Bertz CT molecular complexity index is 954. The summed E-state index contributed by atoms with van der Waals surface area (Å²) in [5, 5.41) is 11.7. The van der Waals surface area contributed by atoms with Crippen LogP contribution in [0.2, 0.25) is 0 Å². The van der Waals surface area contributed by atoms with E-state index in [4.69, 9.17) is 0 Å². The van der Waals surface area contributed by atoms with Crippen LogP contribution < -0.4 is 5.32 Å². The number of carbonyl (C=O) groups is 2. The maximum atomic E-state index is 12.3. The van der Waals surface area contributed by atoms with Gasteiger partial charge in [0.2, 0.25) is 5.91 Å². The number of benzene rings is 2. The summed E-state index contributed by atoms with van der Waals surface area (Å²) < 4.78 is 1.75. The number of aromatic nitrogens is 3. The van der Waals surface area contributed by atoms with Crippen molar-refractivity contribution in [2.24, 2.45) is 7.05 Å². The van der Waals surface area contributed by atoms with E-state index in [-0.39, 0.29) is 23.9 Å². The maximum Gasteiger partial charge on any atom is 0.232 e. The molecule has 7 heteroatoms. The predicted molar refractivity (Wildman–Crippen MR) is 106 cm³/mol. The van der Waals surface area contributed by atoms with Crippen LogP contribution in [0.3, 0.4) is 0 Å². The lowest BCUT2D eigenvalue weighted by Gasteiger charge is -2.08. The summed E-state index contributed by atoms with van der Waals surface area (Å²) in [4.78, 5) is 24.5. The van der Waals surface area contributed by atoms with E-state index in [9.17, 15) is 9.59 Å². The molecule has 138 valence electrons. The zero-order chi connectivity index (χ0) is 19.2. The fourth-order valence-electron chi connectivity index (χ4n) is 2.51. The van der Waals surface area contributed by atoms with Gasteiger partial charge in [0, 0.05) is 18.3 Å². The maximum absolute atomic E-state index is 12.3. The fraction of sp³-hybridized carbons (Fsp3) is 0.200. The van der Waals surface area contributed by atoms with Crippen molar-refractivity contribution in [3.8, 4) is 0 Å². The fourth-order valence-corrected chi connectivity index (χ4v) is 3.34. The van der Waals surface area contributed by atoms with Gasteiger partial charge in [-0.25, -0.2) is 0 Å². The zero-order valence-corrected chi connectivity index (χ0v) is 16.0. The molecular weight excluding hydrogens is 360 g/mol. The highest BCUT2D eigenvalue weighted by Crippen LogP contribution is 2.18. The molecule has 0 spiro atoms. The Hall–Kier alpha value is -2.93. The molecule has 27 heavy (non-hydrogen) atoms. The van der Waals surface area contributed by atoms with Crippen molar-refractivity contribution < 1.29 is 9.59 Å². The van der Waals surface area contributed by atoms with Crippen LogP contribution in [0.1, 0.15) is 21.7 Å². The molecule has 1 heterocycles. The number of Topliss-reactive ketones (excluding diaryl/α,β-unsaturated/α-hetero) is 1. The minimum atomic E-state index is -0.156. The Kier molecular flexibility index (Phi) is 6.03. The van der Waals surface area contributed by atoms with Crippen LogP contribution in [0, 0.1) is 6.92 Å². The first-order chi connectivity index (χ1) is 13.0. The van der Waals surface area contributed by atoms with Crippen molar-refractivity contribution in [1.29, 1.82) is 0 Å². The summed E-state index contributed by atoms with van der Waals surface area (Å²) in [7, 11) is 1.80. The second kappa shape index (κ2) is 8.64. The minimum Gasteiger partial charge on any atom is -0.325 e. The number of ketones is 1. The Balaban J connectivity index is 1.59. The van der Waals surface area contributed by atoms with Crippen molar-refractivity contribution in [2.45, 2.75) is 18.5 Å². The van der Waals surface area contributed by atoms with E-state index in [2.05, 4.69) is 15.5 Å². The number of aryl methyl sites for hydroxylation is 1. The largest absolute Gasteiger partial charge is 0.325 e. The third kappa shape index (κ3) is 4.83. The number of anilines is 1. The van der Waals surface area contributed by atoms with Gasteiger partial charge in [-0.3, -0.25) is 9.59 Å². The van der Waals surface area contributed by atoms with Gasteiger partial charge in [0.05, 0.1) is 12.2 Å². The molecule has 0 aliphatic heterocycles. The highest BCUT2D eigenvalue weighted by Gasteiger charge is 2.15. The van der Waals surface area contributed by atoms with E-state index in [1.165, 1.54) is 11.8 Å². The van der Waals surface area contributed by atoms with Crippen LogP contribution in [-0.2, 0) is 18.3 Å². The third-order valence-corrected chi connectivity index (χ3v) is 5.11. The van der Waals surface area contributed by atoms with E-state index < -0.39 is 0 Å². The lowest BCUT2D eigenvalue weighted by molar-refractivity contribution is -0.115. The number of nitrogens with one attached hydrogen (secondary N) is 1. The summed E-state index contributed by atoms with van der Waals surface area (Å²) in [6.45, 7) is 1.94. The molecule has 3 rings (SSSR count). The van der Waals surface area contributed by atoms with E-state index in [0.29, 0.717) is 16.5 Å². The van der Waals surface area contributed by atoms with E-state index in [1.54, 1.807) is 23.7 Å². The number of para-hydroxylation sites is 1. The molecule has 0 fully saturated rings. The van der Waals surface area contributed by atoms with Crippen LogP contribution in [0.25, 0.3) is 0 Å². The van der Waals surface area contributed by atoms with Gasteiger partial charge in [-0.2, -0.15) is 0 Å². The summed E-state index contributed by atoms with van der Waals surface area (Å²) in [5.41, 5.74) is 2.46. The Morgan fingerprint density at radius 2 is 1.74 bits per heavy atom. The van der Waals surface area contributed by atoms with Crippen molar-refractivity contribution in [3.05, 3.63) is 71.5 Å². The molecule has 6 nitrogen and oxygen atoms in total. The number of carbonyl (C=O) groups excluding carboxylic acids is 2. The molecule has 0 bridgehead atoms. The van der Waals surface area contributed by atoms with Gasteiger partial charge in [-0.05, 0) is 18.6 Å². The number of nitrogens with zero attached hydrogens (tertiary/aromatic N) is 3. The van der Waals surface area contributed by atoms with Crippen molar-refractivity contribution in [3.63, 3.8) is 0 Å². The van der Waals surface area contributed by atoms with Gasteiger partial charge >= 0.3 is 0 Å². The molecule has 1 N–H and O–H groups in total. The number of hydrogen-bond donors (Lipinski definition) is 1. The monoisotopic (exact) mass is 380 g/mol. The smallest absolute Gasteiger partial charge is 0.232 e. The first kappa shape index (κ1) is 18.8. The van der Waals surface area contributed by atoms with Gasteiger partial charge in [0.25, 0.3) is 0 Å². The lowest BCUT2D eigenvalue weighted by atomic mass is 10.2. The van der Waals surface area contributed by atoms with Gasteiger partial charge < -0.3 is 9.88 Å². The summed E-state index contributed by atoms with van der Waals surface area (Å²) in [6, 6.07) is 16.7. The standard InChI is InChI=1S/C20H20N4O2S/c1-14-8-6-7-11-16(14)21-19(26)12-18-22-23-20(24(18)2)27-13-17(25)15-9-4-3-5-10-15/h3-11H,12-13H2,1-2H3,(H,21,26).